The molecule has 0 fully saturated rings. The molecule has 0 radical (unpaired) electrons. The second-order valence-corrected chi connectivity index (χ2v) is 12.7. The number of rotatable bonds is 8. The molecule has 0 heteroatoms. The zero-order valence-corrected chi connectivity index (χ0v) is 27.0. The van der Waals surface area contributed by atoms with Crippen LogP contribution in [0.3, 0.4) is 0 Å². The van der Waals surface area contributed by atoms with Crippen LogP contribution in [0.1, 0.15) is 126 Å². The van der Waals surface area contributed by atoms with Gasteiger partial charge in [0.1, 0.15) is 0 Å². The molecular formula is C37H58. The summed E-state index contributed by atoms with van der Waals surface area (Å²) >= 11 is 0. The molecule has 0 N–H and O–H groups in total. The van der Waals surface area contributed by atoms with Gasteiger partial charge in [0.25, 0.3) is 0 Å². The van der Waals surface area contributed by atoms with E-state index in [4.69, 9.17) is 0 Å². The van der Waals surface area contributed by atoms with Gasteiger partial charge in [-0.15, -0.1) is 0 Å². The fraction of sp³-hybridized carbons (Fsp3) is 0.514. The summed E-state index contributed by atoms with van der Waals surface area (Å²) in [5, 5.41) is 0. The summed E-state index contributed by atoms with van der Waals surface area (Å²) in [6.45, 7) is 38.4. The Labute approximate surface area is 232 Å². The van der Waals surface area contributed by atoms with Gasteiger partial charge in [0.05, 0.1) is 0 Å². The van der Waals surface area contributed by atoms with Gasteiger partial charge in [-0.25, -0.2) is 0 Å². The zero-order chi connectivity index (χ0) is 29.1. The van der Waals surface area contributed by atoms with E-state index < -0.39 is 0 Å². The highest BCUT2D eigenvalue weighted by Gasteiger charge is 2.15. The Morgan fingerprint density at radius 1 is 0.622 bits per heavy atom. The fourth-order valence-corrected chi connectivity index (χ4v) is 3.55. The molecule has 0 spiro atoms. The van der Waals surface area contributed by atoms with Crippen LogP contribution in [0, 0.1) is 10.8 Å². The highest BCUT2D eigenvalue weighted by molar-refractivity contribution is 5.76. The molecule has 0 aliphatic carbocycles. The molecule has 0 amide bonds. The number of allylic oxidation sites excluding steroid dienone is 10. The fourth-order valence-electron chi connectivity index (χ4n) is 3.55. The van der Waals surface area contributed by atoms with Crippen molar-refractivity contribution in [1.82, 2.24) is 0 Å². The number of hydrogen-bond acceptors (Lipinski definition) is 0. The first-order valence-electron chi connectivity index (χ1n) is 14.1. The third-order valence-corrected chi connectivity index (χ3v) is 7.40. The van der Waals surface area contributed by atoms with Crippen molar-refractivity contribution in [2.45, 2.75) is 116 Å². The largest absolute Gasteiger partial charge is 0.0959 e. The molecule has 0 saturated heterocycles. The van der Waals surface area contributed by atoms with Crippen LogP contribution in [0.25, 0.3) is 11.1 Å². The Bertz CT molecular complexity index is 1030. The second-order valence-electron chi connectivity index (χ2n) is 12.7. The first kappa shape index (κ1) is 34.7. The van der Waals surface area contributed by atoms with Gasteiger partial charge in [0.2, 0.25) is 0 Å². The molecule has 1 aromatic rings. The van der Waals surface area contributed by atoms with Gasteiger partial charge >= 0.3 is 0 Å². The lowest BCUT2D eigenvalue weighted by atomic mass is 9.84. The van der Waals surface area contributed by atoms with E-state index >= 15 is 0 Å². The standard InChI is InChI=1S/C31H48.C6H10/c1-13-15-29-26(14-2)27(22(3)16-18-24(5)30(7,8)9)20-21-28(29)23(4)17-19-25(6)31(10,11)12;1-5(2)6(3)4/h16-21H,13-15H2,1-12H3;1,3H2,2,4H3/b22-16+,23-17+,24-18+,25-19+;. The first-order chi connectivity index (χ1) is 16.9. The van der Waals surface area contributed by atoms with Crippen molar-refractivity contribution in [2.75, 3.05) is 0 Å². The third-order valence-electron chi connectivity index (χ3n) is 7.40. The van der Waals surface area contributed by atoms with Crippen LogP contribution in [0.15, 0.2) is 71.9 Å². The first-order valence-corrected chi connectivity index (χ1v) is 14.1. The van der Waals surface area contributed by atoms with Crippen LogP contribution in [0.5, 0.6) is 0 Å². The molecule has 0 atom stereocenters. The predicted octanol–water partition coefficient (Wildman–Crippen LogP) is 12.1. The van der Waals surface area contributed by atoms with E-state index in [2.05, 4.69) is 133 Å². The minimum Gasteiger partial charge on any atom is -0.0959 e. The van der Waals surface area contributed by atoms with Crippen LogP contribution in [0.2, 0.25) is 0 Å². The maximum absolute atomic E-state index is 3.66. The number of benzene rings is 1. The predicted molar refractivity (Wildman–Crippen MR) is 173 cm³/mol. The minimum absolute atomic E-state index is 0.210. The van der Waals surface area contributed by atoms with Crippen molar-refractivity contribution in [3.63, 3.8) is 0 Å². The summed E-state index contributed by atoms with van der Waals surface area (Å²) in [5.41, 5.74) is 14.0. The Balaban J connectivity index is 0.00000192. The van der Waals surface area contributed by atoms with Crippen molar-refractivity contribution < 1.29 is 0 Å². The average Bonchev–Trinajstić information content (AvgIpc) is 2.79. The maximum atomic E-state index is 3.66. The summed E-state index contributed by atoms with van der Waals surface area (Å²) in [4.78, 5) is 0. The van der Waals surface area contributed by atoms with Crippen molar-refractivity contribution in [1.29, 1.82) is 0 Å². The summed E-state index contributed by atoms with van der Waals surface area (Å²) < 4.78 is 0. The average molecular weight is 503 g/mol. The van der Waals surface area contributed by atoms with Gasteiger partial charge < -0.3 is 0 Å². The molecule has 0 aliphatic rings. The Morgan fingerprint density at radius 2 is 0.973 bits per heavy atom. The Kier molecular flexibility index (Phi) is 14.2. The summed E-state index contributed by atoms with van der Waals surface area (Å²) in [6.07, 6.45) is 12.6. The van der Waals surface area contributed by atoms with Gasteiger partial charge in [-0.2, -0.15) is 0 Å². The van der Waals surface area contributed by atoms with Crippen molar-refractivity contribution in [2.24, 2.45) is 10.8 Å². The molecule has 206 valence electrons. The van der Waals surface area contributed by atoms with E-state index in [1.54, 1.807) is 0 Å². The second kappa shape index (κ2) is 15.2. The molecule has 0 heterocycles. The molecule has 1 rings (SSSR count). The molecule has 0 nitrogen and oxygen atoms in total. The molecule has 0 aromatic heterocycles. The van der Waals surface area contributed by atoms with Crippen LogP contribution in [0.4, 0.5) is 0 Å². The summed E-state index contributed by atoms with van der Waals surface area (Å²) in [5.74, 6) is 0. The highest BCUT2D eigenvalue weighted by atomic mass is 14.2. The van der Waals surface area contributed by atoms with E-state index in [0.717, 1.165) is 24.0 Å². The highest BCUT2D eigenvalue weighted by Crippen LogP contribution is 2.32. The lowest BCUT2D eigenvalue weighted by Gasteiger charge is -2.21. The van der Waals surface area contributed by atoms with Crippen molar-refractivity contribution in [3.8, 4) is 0 Å². The molecular weight excluding hydrogens is 444 g/mol. The molecule has 0 bridgehead atoms. The minimum atomic E-state index is 0.210. The molecule has 37 heavy (non-hydrogen) atoms. The van der Waals surface area contributed by atoms with Crippen molar-refractivity contribution >= 4 is 11.1 Å². The monoisotopic (exact) mass is 502 g/mol. The lowest BCUT2D eigenvalue weighted by molar-refractivity contribution is 0.504. The lowest BCUT2D eigenvalue weighted by Crippen LogP contribution is -2.06. The van der Waals surface area contributed by atoms with Crippen molar-refractivity contribution in [3.05, 3.63) is 94.1 Å². The van der Waals surface area contributed by atoms with Crippen LogP contribution >= 0.6 is 0 Å². The van der Waals surface area contributed by atoms with E-state index in [0.29, 0.717) is 0 Å². The van der Waals surface area contributed by atoms with E-state index in [1.807, 2.05) is 13.8 Å². The summed E-state index contributed by atoms with van der Waals surface area (Å²) in [7, 11) is 0. The SMILES string of the molecule is C=C(C)C(=C)C.CCCc1c(/C(C)=C/C=C(\C)C(C)(C)C)ccc(/C(C)=C/C=C(\C)C(C)(C)C)c1CC. The normalized spacial score (nSPS) is 13.8. The van der Waals surface area contributed by atoms with Crippen LogP contribution < -0.4 is 0 Å². The van der Waals surface area contributed by atoms with Gasteiger partial charge in [-0.3, -0.25) is 0 Å². The van der Waals surface area contributed by atoms with E-state index in [1.165, 1.54) is 51.0 Å². The Morgan fingerprint density at radius 3 is 1.24 bits per heavy atom. The van der Waals surface area contributed by atoms with Gasteiger partial charge in [0.15, 0.2) is 0 Å². The number of hydrogen-bond donors (Lipinski definition) is 0. The molecule has 0 saturated carbocycles. The van der Waals surface area contributed by atoms with Crippen LogP contribution in [-0.2, 0) is 12.8 Å². The smallest absolute Gasteiger partial charge is 0.0173 e. The Hall–Kier alpha value is -2.34. The molecule has 1 aromatic carbocycles. The van der Waals surface area contributed by atoms with E-state index in [-0.39, 0.29) is 10.8 Å². The molecule has 0 aliphatic heterocycles. The van der Waals surface area contributed by atoms with Gasteiger partial charge in [-0.05, 0) is 98.6 Å². The quantitative estimate of drug-likeness (QED) is 0.310. The maximum Gasteiger partial charge on any atom is -0.0173 e. The van der Waals surface area contributed by atoms with Gasteiger partial charge in [-0.1, -0.05) is 134 Å². The topological polar surface area (TPSA) is 0 Å². The van der Waals surface area contributed by atoms with Crippen LogP contribution in [-0.4, -0.2) is 0 Å². The van der Waals surface area contributed by atoms with Gasteiger partial charge in [0, 0.05) is 0 Å². The third kappa shape index (κ3) is 11.7. The van der Waals surface area contributed by atoms with E-state index in [9.17, 15) is 0 Å². The summed E-state index contributed by atoms with van der Waals surface area (Å²) in [6, 6.07) is 4.69. The molecule has 0 unspecified atom stereocenters. The zero-order valence-electron chi connectivity index (χ0n) is 27.0.